The smallest absolute Gasteiger partial charge is 0.409 e. The Bertz CT molecular complexity index is 1120. The molecule has 0 unspecified atom stereocenters. The summed E-state index contributed by atoms with van der Waals surface area (Å²) in [4.78, 5) is 14.0. The zero-order chi connectivity index (χ0) is 23.9. The van der Waals surface area contributed by atoms with Gasteiger partial charge in [-0.05, 0) is 39.0 Å². The first-order valence-corrected chi connectivity index (χ1v) is 12.0. The van der Waals surface area contributed by atoms with Gasteiger partial charge in [-0.25, -0.2) is 9.80 Å². The second-order valence-electron chi connectivity index (χ2n) is 8.97. The van der Waals surface area contributed by atoms with Crippen molar-refractivity contribution in [3.63, 3.8) is 0 Å². The van der Waals surface area contributed by atoms with Crippen LogP contribution in [0.2, 0.25) is 0 Å². The number of hydrogen-bond acceptors (Lipinski definition) is 7. The van der Waals surface area contributed by atoms with Gasteiger partial charge in [0.1, 0.15) is 5.75 Å². The first-order chi connectivity index (χ1) is 16.5. The van der Waals surface area contributed by atoms with Crippen LogP contribution in [0, 0.1) is 6.92 Å². The van der Waals surface area contributed by atoms with Crippen LogP contribution < -0.4 is 9.47 Å². The molecule has 3 heterocycles. The molecule has 0 saturated carbocycles. The molecule has 1 spiro atoms. The Kier molecular flexibility index (Phi) is 5.75. The van der Waals surface area contributed by atoms with E-state index in [0.717, 1.165) is 33.9 Å². The predicted molar refractivity (Wildman–Crippen MR) is 127 cm³/mol. The van der Waals surface area contributed by atoms with Crippen LogP contribution in [-0.4, -0.2) is 58.8 Å². The molecular formula is C26H31N3O5. The Morgan fingerprint density at radius 2 is 2.00 bits per heavy atom. The highest BCUT2D eigenvalue weighted by molar-refractivity contribution is 6.04. The fourth-order valence-corrected chi connectivity index (χ4v) is 5.17. The molecule has 1 N–H and O–H groups in total. The zero-order valence-corrected chi connectivity index (χ0v) is 19.9. The summed E-state index contributed by atoms with van der Waals surface area (Å²) < 4.78 is 17.9. The van der Waals surface area contributed by atoms with E-state index in [4.69, 9.17) is 19.3 Å². The minimum Gasteiger partial charge on any atom is -0.507 e. The van der Waals surface area contributed by atoms with Crippen LogP contribution in [-0.2, 0) is 4.74 Å². The van der Waals surface area contributed by atoms with Crippen molar-refractivity contribution in [2.24, 2.45) is 5.10 Å². The largest absolute Gasteiger partial charge is 0.507 e. The van der Waals surface area contributed by atoms with Gasteiger partial charge in [-0.2, -0.15) is 5.10 Å². The van der Waals surface area contributed by atoms with E-state index in [1.165, 1.54) is 0 Å². The van der Waals surface area contributed by atoms with Crippen LogP contribution in [0.4, 0.5) is 4.79 Å². The fraction of sp³-hybridized carbons (Fsp3) is 0.462. The number of para-hydroxylation sites is 1. The quantitative estimate of drug-likeness (QED) is 0.711. The maximum Gasteiger partial charge on any atom is 0.409 e. The summed E-state index contributed by atoms with van der Waals surface area (Å²) in [5.41, 5.74) is 2.95. The first-order valence-electron chi connectivity index (χ1n) is 12.0. The van der Waals surface area contributed by atoms with E-state index in [1.54, 1.807) is 11.0 Å². The Balaban J connectivity index is 1.54. The molecule has 1 saturated heterocycles. The average molecular weight is 466 g/mol. The van der Waals surface area contributed by atoms with Crippen LogP contribution >= 0.6 is 0 Å². The average Bonchev–Trinajstić information content (AvgIpc) is 3.29. The lowest BCUT2D eigenvalue weighted by Crippen LogP contribution is -2.59. The van der Waals surface area contributed by atoms with Gasteiger partial charge in [-0.1, -0.05) is 23.8 Å². The zero-order valence-electron chi connectivity index (χ0n) is 19.9. The number of phenols is 1. The molecule has 8 heteroatoms. The molecule has 5 rings (SSSR count). The summed E-state index contributed by atoms with van der Waals surface area (Å²) >= 11 is 0. The molecule has 0 radical (unpaired) electrons. The Morgan fingerprint density at radius 1 is 1.21 bits per heavy atom. The lowest BCUT2D eigenvalue weighted by atomic mass is 9.90. The highest BCUT2D eigenvalue weighted by Crippen LogP contribution is 2.53. The summed E-state index contributed by atoms with van der Waals surface area (Å²) in [5.74, 6) is 1.69. The summed E-state index contributed by atoms with van der Waals surface area (Å²) in [6, 6.07) is 11.5. The van der Waals surface area contributed by atoms with E-state index < -0.39 is 5.72 Å². The molecule has 0 bridgehead atoms. The predicted octanol–water partition coefficient (Wildman–Crippen LogP) is 4.59. The Morgan fingerprint density at radius 3 is 2.74 bits per heavy atom. The van der Waals surface area contributed by atoms with Crippen molar-refractivity contribution in [1.29, 1.82) is 0 Å². The van der Waals surface area contributed by atoms with Crippen molar-refractivity contribution in [2.45, 2.75) is 51.8 Å². The van der Waals surface area contributed by atoms with Gasteiger partial charge >= 0.3 is 6.09 Å². The van der Waals surface area contributed by atoms with Gasteiger partial charge in [-0.15, -0.1) is 0 Å². The molecule has 34 heavy (non-hydrogen) atoms. The van der Waals surface area contributed by atoms with Gasteiger partial charge < -0.3 is 24.2 Å². The molecule has 3 aliphatic heterocycles. The van der Waals surface area contributed by atoms with E-state index >= 15 is 0 Å². The van der Waals surface area contributed by atoms with Crippen molar-refractivity contribution >= 4 is 11.8 Å². The summed E-state index contributed by atoms with van der Waals surface area (Å²) in [7, 11) is 0. The van der Waals surface area contributed by atoms with Crippen molar-refractivity contribution < 1.29 is 24.1 Å². The molecule has 180 valence electrons. The molecule has 3 aliphatic rings. The third-order valence-corrected chi connectivity index (χ3v) is 6.82. The number of benzene rings is 2. The number of aromatic hydroxyl groups is 1. The molecule has 2 aromatic carbocycles. The van der Waals surface area contributed by atoms with Crippen LogP contribution in [0.5, 0.6) is 17.2 Å². The molecule has 2 aromatic rings. The number of carbonyl (C=O) groups is 1. The van der Waals surface area contributed by atoms with Gasteiger partial charge in [0.25, 0.3) is 0 Å². The number of rotatable bonds is 4. The molecule has 1 amide bonds. The topological polar surface area (TPSA) is 83.8 Å². The highest BCUT2D eigenvalue weighted by atomic mass is 16.6. The number of ether oxygens (including phenoxy) is 3. The number of hydrazone groups is 1. The van der Waals surface area contributed by atoms with E-state index in [2.05, 4.69) is 11.1 Å². The molecule has 0 aliphatic carbocycles. The summed E-state index contributed by atoms with van der Waals surface area (Å²) in [6.07, 6.45) is 1.51. The molecule has 8 nitrogen and oxygen atoms in total. The van der Waals surface area contributed by atoms with Crippen LogP contribution in [0.15, 0.2) is 41.5 Å². The normalized spacial score (nSPS) is 20.3. The second-order valence-corrected chi connectivity index (χ2v) is 8.97. The highest BCUT2D eigenvalue weighted by Gasteiger charge is 2.53. The van der Waals surface area contributed by atoms with E-state index in [9.17, 15) is 9.90 Å². The molecule has 1 fully saturated rings. The lowest BCUT2D eigenvalue weighted by Gasteiger charge is -2.51. The Labute approximate surface area is 199 Å². The standard InChI is InChI=1S/C26H31N3O5/c1-4-32-23-8-6-7-18-21-16-20(19-15-17(3)9-10-22(19)30)27-29(21)26(34-24(18)23)11-13-28(14-12-26)25(31)33-5-2/h6-10,15,21,30H,4-5,11-14,16H2,1-3H3/t21-/m1/s1. The van der Waals surface area contributed by atoms with E-state index in [0.29, 0.717) is 45.6 Å². The first kappa shape index (κ1) is 22.4. The summed E-state index contributed by atoms with van der Waals surface area (Å²) in [5, 5.41) is 17.7. The van der Waals surface area contributed by atoms with Gasteiger partial charge in [0.2, 0.25) is 5.72 Å². The van der Waals surface area contributed by atoms with Gasteiger partial charge in [0, 0.05) is 43.5 Å². The number of aryl methyl sites for hydroxylation is 1. The van der Waals surface area contributed by atoms with Gasteiger partial charge in [0.05, 0.1) is 25.0 Å². The molecule has 1 atom stereocenters. The third-order valence-electron chi connectivity index (χ3n) is 6.82. The number of phenolic OH excluding ortho intramolecular Hbond substituents is 1. The number of nitrogens with zero attached hydrogens (tertiary/aromatic N) is 3. The maximum atomic E-state index is 12.3. The monoisotopic (exact) mass is 465 g/mol. The molecule has 0 aromatic heterocycles. The summed E-state index contributed by atoms with van der Waals surface area (Å²) in [6.45, 7) is 7.68. The van der Waals surface area contributed by atoms with Crippen LogP contribution in [0.3, 0.4) is 0 Å². The number of hydrogen-bond donors (Lipinski definition) is 1. The number of carbonyl (C=O) groups excluding carboxylic acids is 1. The van der Waals surface area contributed by atoms with Gasteiger partial charge in [0.15, 0.2) is 11.5 Å². The third kappa shape index (κ3) is 3.71. The Hall–Kier alpha value is -3.42. The fourth-order valence-electron chi connectivity index (χ4n) is 5.17. The number of piperidine rings is 1. The number of fused-ring (bicyclic) bond motifs is 4. The molecular weight excluding hydrogens is 434 g/mol. The van der Waals surface area contributed by atoms with E-state index in [-0.39, 0.29) is 17.9 Å². The van der Waals surface area contributed by atoms with Gasteiger partial charge in [-0.3, -0.25) is 0 Å². The van der Waals surface area contributed by atoms with Crippen molar-refractivity contribution in [2.75, 3.05) is 26.3 Å². The second kappa shape index (κ2) is 8.74. The van der Waals surface area contributed by atoms with Crippen molar-refractivity contribution in [3.05, 3.63) is 53.1 Å². The number of amides is 1. The van der Waals surface area contributed by atoms with E-state index in [1.807, 2.05) is 45.0 Å². The SMILES string of the molecule is CCOC(=O)N1CCC2(CC1)Oc1c(OCC)cccc1[C@H]1CC(c3cc(C)ccc3O)=NN12. The minimum atomic E-state index is -0.713. The van der Waals surface area contributed by atoms with Crippen molar-refractivity contribution in [1.82, 2.24) is 9.91 Å². The van der Waals surface area contributed by atoms with Crippen LogP contribution in [0.1, 0.15) is 55.8 Å². The van der Waals surface area contributed by atoms with Crippen molar-refractivity contribution in [3.8, 4) is 17.2 Å². The maximum absolute atomic E-state index is 12.3. The lowest BCUT2D eigenvalue weighted by molar-refractivity contribution is -0.148. The van der Waals surface area contributed by atoms with Crippen LogP contribution in [0.25, 0.3) is 0 Å². The number of likely N-dealkylation sites (tertiary alicyclic amines) is 1. The minimum absolute atomic E-state index is 0.0480.